The highest BCUT2D eigenvalue weighted by molar-refractivity contribution is 7.89. The maximum absolute atomic E-state index is 12.7. The first-order valence-electron chi connectivity index (χ1n) is 8.50. The fourth-order valence-corrected chi connectivity index (χ4v) is 4.98. The number of nitrogens with zero attached hydrogens (tertiary/aromatic N) is 2. The van der Waals surface area contributed by atoms with Gasteiger partial charge in [-0.25, -0.2) is 22.5 Å². The summed E-state index contributed by atoms with van der Waals surface area (Å²) >= 11 is 0. The highest BCUT2D eigenvalue weighted by Crippen LogP contribution is 2.23. The Morgan fingerprint density at radius 3 is 2.52 bits per heavy atom. The normalized spacial score (nSPS) is 24.4. The van der Waals surface area contributed by atoms with E-state index in [1.165, 1.54) is 11.2 Å². The molecule has 10 nitrogen and oxygen atoms in total. The average Bonchev–Trinajstić information content (AvgIpc) is 2.87. The quantitative estimate of drug-likeness (QED) is 0.639. The molecule has 0 unspecified atom stereocenters. The summed E-state index contributed by atoms with van der Waals surface area (Å²) in [6, 6.07) is 2.75. The number of sulfonamides is 1. The lowest BCUT2D eigenvalue weighted by Crippen LogP contribution is -2.53. The Bertz CT molecular complexity index is 820. The number of amides is 3. The predicted octanol–water partition coefficient (Wildman–Crippen LogP) is -0.139. The minimum atomic E-state index is -3.72. The number of methoxy groups -OCH3 is 1. The second-order valence-corrected chi connectivity index (χ2v) is 8.72. The second-order valence-electron chi connectivity index (χ2n) is 6.75. The molecule has 11 heteroatoms. The standard InChI is InChI=1S/C16H22N4O6S/c1-16(14(21)18-15(22)19-16)10-27(23,24)20-7-5-11(6-8-20)26-13-4-3-12(25-2)9-17-13/h3-4,9,11H,5-8,10H2,1-2H3,(H2,18,19,21,22)/t16-/m1/s1. The smallest absolute Gasteiger partial charge is 0.322 e. The number of pyridine rings is 1. The van der Waals surface area contributed by atoms with Crippen molar-refractivity contribution in [1.29, 1.82) is 0 Å². The van der Waals surface area contributed by atoms with E-state index in [-0.39, 0.29) is 19.2 Å². The van der Waals surface area contributed by atoms with Crippen LogP contribution in [0.2, 0.25) is 0 Å². The van der Waals surface area contributed by atoms with Crippen molar-refractivity contribution in [2.24, 2.45) is 0 Å². The number of ether oxygens (including phenoxy) is 2. The Labute approximate surface area is 157 Å². The maximum Gasteiger partial charge on any atom is 0.322 e. The number of nitrogens with one attached hydrogen (secondary N) is 2. The van der Waals surface area contributed by atoms with Crippen LogP contribution in [0.3, 0.4) is 0 Å². The van der Waals surface area contributed by atoms with Crippen molar-refractivity contribution < 1.29 is 27.5 Å². The number of hydrogen-bond donors (Lipinski definition) is 2. The topological polar surface area (TPSA) is 127 Å². The number of urea groups is 1. The van der Waals surface area contributed by atoms with Gasteiger partial charge >= 0.3 is 6.03 Å². The van der Waals surface area contributed by atoms with E-state index in [4.69, 9.17) is 9.47 Å². The van der Waals surface area contributed by atoms with Gasteiger partial charge in [0.05, 0.1) is 19.1 Å². The van der Waals surface area contributed by atoms with Crippen LogP contribution in [-0.2, 0) is 14.8 Å². The number of rotatable bonds is 6. The molecule has 0 saturated carbocycles. The molecule has 1 atom stereocenters. The van der Waals surface area contributed by atoms with Crippen LogP contribution in [0.1, 0.15) is 19.8 Å². The van der Waals surface area contributed by atoms with Gasteiger partial charge in [0.25, 0.3) is 5.91 Å². The van der Waals surface area contributed by atoms with Crippen LogP contribution in [0.15, 0.2) is 18.3 Å². The predicted molar refractivity (Wildman–Crippen MR) is 94.9 cm³/mol. The molecule has 3 heterocycles. The Morgan fingerprint density at radius 2 is 2.00 bits per heavy atom. The van der Waals surface area contributed by atoms with Crippen molar-refractivity contribution in [3.05, 3.63) is 18.3 Å². The van der Waals surface area contributed by atoms with E-state index < -0.39 is 33.3 Å². The van der Waals surface area contributed by atoms with Crippen molar-refractivity contribution in [1.82, 2.24) is 19.9 Å². The number of aromatic nitrogens is 1. The SMILES string of the molecule is COc1ccc(OC2CCN(S(=O)(=O)C[C@@]3(C)NC(=O)NC3=O)CC2)nc1. The Kier molecular flexibility index (Phi) is 5.24. The molecule has 1 aromatic heterocycles. The summed E-state index contributed by atoms with van der Waals surface area (Å²) in [4.78, 5) is 27.3. The molecule has 2 aliphatic rings. The number of carbonyl (C=O) groups is 2. The van der Waals surface area contributed by atoms with Gasteiger partial charge in [-0.1, -0.05) is 0 Å². The number of imide groups is 1. The van der Waals surface area contributed by atoms with Gasteiger partial charge < -0.3 is 14.8 Å². The third-order valence-electron chi connectivity index (χ3n) is 4.62. The summed E-state index contributed by atoms with van der Waals surface area (Å²) in [5.74, 6) is -0.0435. The monoisotopic (exact) mass is 398 g/mol. The molecular formula is C16H22N4O6S. The van der Waals surface area contributed by atoms with Gasteiger partial charge in [0, 0.05) is 19.2 Å². The molecule has 0 spiro atoms. The lowest BCUT2D eigenvalue weighted by Gasteiger charge is -2.33. The highest BCUT2D eigenvalue weighted by Gasteiger charge is 2.46. The van der Waals surface area contributed by atoms with Crippen molar-refractivity contribution in [2.45, 2.75) is 31.4 Å². The Hall–Kier alpha value is -2.40. The number of carbonyl (C=O) groups excluding carboxylic acids is 2. The molecule has 0 aliphatic carbocycles. The lowest BCUT2D eigenvalue weighted by molar-refractivity contribution is -0.122. The van der Waals surface area contributed by atoms with E-state index in [1.54, 1.807) is 25.4 Å². The van der Waals surface area contributed by atoms with Gasteiger partial charge in [-0.05, 0) is 25.8 Å². The molecule has 2 N–H and O–H groups in total. The molecule has 3 amide bonds. The first kappa shape index (κ1) is 19.4. The Balaban J connectivity index is 1.56. The van der Waals surface area contributed by atoms with Crippen LogP contribution in [0.4, 0.5) is 4.79 Å². The molecule has 0 radical (unpaired) electrons. The lowest BCUT2D eigenvalue weighted by atomic mass is 10.1. The second kappa shape index (κ2) is 7.31. The van der Waals surface area contributed by atoms with Crippen molar-refractivity contribution in [2.75, 3.05) is 26.0 Å². The zero-order valence-electron chi connectivity index (χ0n) is 15.1. The zero-order chi connectivity index (χ0) is 19.7. The third kappa shape index (κ3) is 4.30. The summed E-state index contributed by atoms with van der Waals surface area (Å²) in [7, 11) is -2.17. The van der Waals surface area contributed by atoms with Crippen LogP contribution >= 0.6 is 0 Å². The van der Waals surface area contributed by atoms with Crippen molar-refractivity contribution >= 4 is 22.0 Å². The van der Waals surface area contributed by atoms with Crippen LogP contribution < -0.4 is 20.1 Å². The Morgan fingerprint density at radius 1 is 1.30 bits per heavy atom. The molecule has 148 valence electrons. The molecule has 2 aliphatic heterocycles. The minimum Gasteiger partial charge on any atom is -0.495 e. The molecule has 2 fully saturated rings. The largest absolute Gasteiger partial charge is 0.495 e. The third-order valence-corrected chi connectivity index (χ3v) is 6.71. The number of piperidine rings is 1. The van der Waals surface area contributed by atoms with Crippen LogP contribution in [0.25, 0.3) is 0 Å². The first-order valence-corrected chi connectivity index (χ1v) is 10.1. The van der Waals surface area contributed by atoms with Crippen LogP contribution in [-0.4, -0.2) is 67.2 Å². The van der Waals surface area contributed by atoms with Crippen LogP contribution in [0, 0.1) is 0 Å². The summed E-state index contributed by atoms with van der Waals surface area (Å²) < 4.78 is 37.5. The summed E-state index contributed by atoms with van der Waals surface area (Å²) in [5.41, 5.74) is -1.46. The van der Waals surface area contributed by atoms with Crippen LogP contribution in [0.5, 0.6) is 11.6 Å². The molecule has 0 bridgehead atoms. The molecule has 2 saturated heterocycles. The highest BCUT2D eigenvalue weighted by atomic mass is 32.2. The van der Waals surface area contributed by atoms with Gasteiger partial charge in [0.1, 0.15) is 17.4 Å². The van der Waals surface area contributed by atoms with Gasteiger partial charge in [0.2, 0.25) is 15.9 Å². The van der Waals surface area contributed by atoms with Crippen molar-refractivity contribution in [3.8, 4) is 11.6 Å². The van der Waals surface area contributed by atoms with Gasteiger partial charge in [-0.3, -0.25) is 10.1 Å². The van der Waals surface area contributed by atoms with E-state index in [9.17, 15) is 18.0 Å². The maximum atomic E-state index is 12.7. The van der Waals surface area contributed by atoms with E-state index in [0.717, 1.165) is 0 Å². The fourth-order valence-electron chi connectivity index (χ4n) is 3.09. The molecule has 0 aromatic carbocycles. The minimum absolute atomic E-state index is 0.151. The summed E-state index contributed by atoms with van der Waals surface area (Å²) in [6.45, 7) is 1.94. The average molecular weight is 398 g/mol. The van der Waals surface area contributed by atoms with Gasteiger partial charge in [0.15, 0.2) is 0 Å². The van der Waals surface area contributed by atoms with E-state index >= 15 is 0 Å². The summed E-state index contributed by atoms with van der Waals surface area (Å²) in [6.07, 6.45) is 2.41. The van der Waals surface area contributed by atoms with Crippen molar-refractivity contribution in [3.63, 3.8) is 0 Å². The van der Waals surface area contributed by atoms with E-state index in [1.807, 2.05) is 0 Å². The van der Waals surface area contributed by atoms with E-state index in [0.29, 0.717) is 24.5 Å². The zero-order valence-corrected chi connectivity index (χ0v) is 15.9. The number of hydrogen-bond acceptors (Lipinski definition) is 7. The summed E-state index contributed by atoms with van der Waals surface area (Å²) in [5, 5.41) is 4.44. The molecule has 27 heavy (non-hydrogen) atoms. The fraction of sp³-hybridized carbons (Fsp3) is 0.562. The van der Waals surface area contributed by atoms with E-state index in [2.05, 4.69) is 15.6 Å². The molecular weight excluding hydrogens is 376 g/mol. The van der Waals surface area contributed by atoms with Gasteiger partial charge in [-0.15, -0.1) is 0 Å². The first-order chi connectivity index (χ1) is 12.7. The van der Waals surface area contributed by atoms with Gasteiger partial charge in [-0.2, -0.15) is 0 Å². The molecule has 3 rings (SSSR count). The molecule has 1 aromatic rings.